The molecule has 0 aromatic carbocycles. The molecule has 1 saturated carbocycles. The fourth-order valence-corrected chi connectivity index (χ4v) is 4.64. The first kappa shape index (κ1) is 14.8. The molecule has 2 heterocycles. The minimum absolute atomic E-state index is 0.0133. The van der Waals surface area contributed by atoms with Crippen LogP contribution in [0.25, 0.3) is 0 Å². The molecule has 7 nitrogen and oxygen atoms in total. The molecule has 8 heteroatoms. The van der Waals surface area contributed by atoms with Gasteiger partial charge in [-0.15, -0.1) is 0 Å². The molecule has 1 unspecified atom stereocenters. The van der Waals surface area contributed by atoms with Crippen LogP contribution in [0.3, 0.4) is 0 Å². The summed E-state index contributed by atoms with van der Waals surface area (Å²) >= 11 is 0. The maximum atomic E-state index is 12.5. The number of ether oxygens (including phenoxy) is 1. The average molecular weight is 316 g/mol. The molecule has 2 amide bonds. The first-order chi connectivity index (χ1) is 9.93. The van der Waals surface area contributed by atoms with E-state index in [0.717, 1.165) is 0 Å². The second-order valence-corrected chi connectivity index (χ2v) is 8.29. The van der Waals surface area contributed by atoms with Gasteiger partial charge in [0.05, 0.1) is 24.7 Å². The van der Waals surface area contributed by atoms with E-state index in [0.29, 0.717) is 45.6 Å². The number of rotatable bonds is 3. The van der Waals surface area contributed by atoms with Crippen LogP contribution in [-0.2, 0) is 24.2 Å². The summed E-state index contributed by atoms with van der Waals surface area (Å²) in [6.07, 6.45) is 1.54. The second kappa shape index (κ2) is 5.24. The SMILES string of the molecule is O=C(NC1CCS(=O)(=O)C1)C1(C(=O)N2CCOCC2)CC1. The van der Waals surface area contributed by atoms with Crippen LogP contribution in [-0.4, -0.2) is 69.0 Å². The van der Waals surface area contributed by atoms with Gasteiger partial charge in [-0.1, -0.05) is 0 Å². The van der Waals surface area contributed by atoms with Crippen molar-refractivity contribution in [1.29, 1.82) is 0 Å². The Hall–Kier alpha value is -1.15. The molecule has 2 aliphatic heterocycles. The van der Waals surface area contributed by atoms with Crippen LogP contribution in [0.1, 0.15) is 19.3 Å². The summed E-state index contributed by atoms with van der Waals surface area (Å²) in [7, 11) is -3.03. The van der Waals surface area contributed by atoms with Gasteiger partial charge in [-0.25, -0.2) is 8.42 Å². The zero-order chi connectivity index (χ0) is 15.1. The predicted octanol–water partition coefficient (Wildman–Crippen LogP) is -1.07. The van der Waals surface area contributed by atoms with E-state index >= 15 is 0 Å². The Balaban J connectivity index is 1.62. The van der Waals surface area contributed by atoms with Crippen molar-refractivity contribution in [2.45, 2.75) is 25.3 Å². The van der Waals surface area contributed by atoms with Gasteiger partial charge in [0.1, 0.15) is 5.41 Å². The molecule has 0 radical (unpaired) electrons. The summed E-state index contributed by atoms with van der Waals surface area (Å²) in [5.74, 6) is -0.339. The summed E-state index contributed by atoms with van der Waals surface area (Å²) in [5, 5.41) is 2.76. The van der Waals surface area contributed by atoms with E-state index < -0.39 is 15.3 Å². The molecule has 0 spiro atoms. The van der Waals surface area contributed by atoms with Gasteiger partial charge in [-0.05, 0) is 19.3 Å². The number of hydrogen-bond acceptors (Lipinski definition) is 5. The van der Waals surface area contributed by atoms with E-state index in [1.54, 1.807) is 4.90 Å². The Bertz CT molecular complexity index is 549. The summed E-state index contributed by atoms with van der Waals surface area (Å²) in [4.78, 5) is 26.6. The standard InChI is InChI=1S/C13H20N2O5S/c16-11(14-10-1-8-21(18,19)9-10)13(2-3-13)12(17)15-4-6-20-7-5-15/h10H,1-9H2,(H,14,16). The molecule has 1 aliphatic carbocycles. The van der Waals surface area contributed by atoms with E-state index in [9.17, 15) is 18.0 Å². The van der Waals surface area contributed by atoms with Gasteiger partial charge < -0.3 is 15.0 Å². The Kier molecular flexibility index (Phi) is 3.69. The molecule has 3 aliphatic rings. The molecule has 0 aromatic heterocycles. The minimum atomic E-state index is -3.03. The van der Waals surface area contributed by atoms with Gasteiger partial charge in [-0.2, -0.15) is 0 Å². The number of carbonyl (C=O) groups excluding carboxylic acids is 2. The molecule has 2 saturated heterocycles. The van der Waals surface area contributed by atoms with Crippen molar-refractivity contribution in [2.24, 2.45) is 5.41 Å². The summed E-state index contributed by atoms with van der Waals surface area (Å²) in [6.45, 7) is 2.05. The number of nitrogens with one attached hydrogen (secondary N) is 1. The Morgan fingerprint density at radius 1 is 1.19 bits per heavy atom. The molecule has 118 valence electrons. The van der Waals surface area contributed by atoms with E-state index in [4.69, 9.17) is 4.74 Å². The smallest absolute Gasteiger partial charge is 0.238 e. The third-order valence-corrected chi connectivity index (χ3v) is 6.23. The van der Waals surface area contributed by atoms with Gasteiger partial charge in [0, 0.05) is 19.1 Å². The maximum absolute atomic E-state index is 12.5. The van der Waals surface area contributed by atoms with Crippen molar-refractivity contribution < 1.29 is 22.7 Å². The van der Waals surface area contributed by atoms with Crippen LogP contribution in [0.15, 0.2) is 0 Å². The molecule has 0 aromatic rings. The van der Waals surface area contributed by atoms with Crippen LogP contribution in [0.5, 0.6) is 0 Å². The van der Waals surface area contributed by atoms with Crippen LogP contribution in [0.2, 0.25) is 0 Å². The quantitative estimate of drug-likeness (QED) is 0.669. The summed E-state index contributed by atoms with van der Waals surface area (Å²) < 4.78 is 28.1. The zero-order valence-electron chi connectivity index (χ0n) is 11.8. The predicted molar refractivity (Wildman–Crippen MR) is 74.3 cm³/mol. The monoisotopic (exact) mass is 316 g/mol. The fourth-order valence-electron chi connectivity index (χ4n) is 2.96. The molecule has 3 rings (SSSR count). The zero-order valence-corrected chi connectivity index (χ0v) is 12.7. The number of morpholine rings is 1. The van der Waals surface area contributed by atoms with Crippen LogP contribution in [0, 0.1) is 5.41 Å². The minimum Gasteiger partial charge on any atom is -0.378 e. The van der Waals surface area contributed by atoms with Crippen molar-refractivity contribution in [2.75, 3.05) is 37.8 Å². The van der Waals surface area contributed by atoms with Crippen LogP contribution < -0.4 is 5.32 Å². The Morgan fingerprint density at radius 2 is 1.86 bits per heavy atom. The van der Waals surface area contributed by atoms with Crippen LogP contribution >= 0.6 is 0 Å². The van der Waals surface area contributed by atoms with Crippen molar-refractivity contribution >= 4 is 21.7 Å². The number of hydrogen-bond donors (Lipinski definition) is 1. The number of amides is 2. The van der Waals surface area contributed by atoms with E-state index in [-0.39, 0.29) is 29.4 Å². The first-order valence-electron chi connectivity index (χ1n) is 7.31. The highest BCUT2D eigenvalue weighted by Crippen LogP contribution is 2.47. The van der Waals surface area contributed by atoms with Gasteiger partial charge in [0.15, 0.2) is 9.84 Å². The maximum Gasteiger partial charge on any atom is 0.238 e. The van der Waals surface area contributed by atoms with Gasteiger partial charge >= 0.3 is 0 Å². The largest absolute Gasteiger partial charge is 0.378 e. The number of carbonyl (C=O) groups is 2. The second-order valence-electron chi connectivity index (χ2n) is 6.06. The van der Waals surface area contributed by atoms with E-state index in [1.807, 2.05) is 0 Å². The van der Waals surface area contributed by atoms with E-state index in [1.165, 1.54) is 0 Å². The highest BCUT2D eigenvalue weighted by atomic mass is 32.2. The molecular weight excluding hydrogens is 296 g/mol. The average Bonchev–Trinajstić information content (AvgIpc) is 3.20. The van der Waals surface area contributed by atoms with Crippen molar-refractivity contribution in [1.82, 2.24) is 10.2 Å². The molecule has 3 fully saturated rings. The Morgan fingerprint density at radius 3 is 2.38 bits per heavy atom. The highest BCUT2D eigenvalue weighted by molar-refractivity contribution is 7.91. The molecule has 1 atom stereocenters. The van der Waals surface area contributed by atoms with E-state index in [2.05, 4.69) is 5.32 Å². The first-order valence-corrected chi connectivity index (χ1v) is 9.14. The number of nitrogens with zero attached hydrogens (tertiary/aromatic N) is 1. The summed E-state index contributed by atoms with van der Waals surface area (Å²) in [5.41, 5.74) is -0.955. The number of sulfone groups is 1. The molecule has 1 N–H and O–H groups in total. The van der Waals surface area contributed by atoms with Crippen molar-refractivity contribution in [3.63, 3.8) is 0 Å². The normalized spacial score (nSPS) is 29.9. The lowest BCUT2D eigenvalue weighted by Crippen LogP contribution is -2.50. The Labute approximate surface area is 123 Å². The van der Waals surface area contributed by atoms with Gasteiger partial charge in [-0.3, -0.25) is 9.59 Å². The molecular formula is C13H20N2O5S. The third kappa shape index (κ3) is 2.91. The lowest BCUT2D eigenvalue weighted by molar-refractivity contribution is -0.147. The third-order valence-electron chi connectivity index (χ3n) is 4.46. The fraction of sp³-hybridized carbons (Fsp3) is 0.846. The molecule has 21 heavy (non-hydrogen) atoms. The highest BCUT2D eigenvalue weighted by Gasteiger charge is 2.58. The van der Waals surface area contributed by atoms with Gasteiger partial charge in [0.25, 0.3) is 0 Å². The molecule has 0 bridgehead atoms. The topological polar surface area (TPSA) is 92.8 Å². The lowest BCUT2D eigenvalue weighted by Gasteiger charge is -2.30. The van der Waals surface area contributed by atoms with Gasteiger partial charge in [0.2, 0.25) is 11.8 Å². The van der Waals surface area contributed by atoms with Crippen molar-refractivity contribution in [3.8, 4) is 0 Å². The van der Waals surface area contributed by atoms with Crippen LogP contribution in [0.4, 0.5) is 0 Å². The van der Waals surface area contributed by atoms with Crippen molar-refractivity contribution in [3.05, 3.63) is 0 Å². The lowest BCUT2D eigenvalue weighted by atomic mass is 10.0. The summed E-state index contributed by atoms with van der Waals surface area (Å²) in [6, 6.07) is -0.350.